The molecular formula is C15H17N5O. The van der Waals surface area contributed by atoms with E-state index < -0.39 is 0 Å². The molecule has 6 nitrogen and oxygen atoms in total. The number of aryl methyl sites for hydroxylation is 2. The molecule has 1 N–H and O–H groups in total. The molecule has 4 rings (SSSR count). The summed E-state index contributed by atoms with van der Waals surface area (Å²) in [4.78, 5) is 14.8. The number of para-hydroxylation sites is 2. The molecule has 6 heteroatoms. The Morgan fingerprint density at radius 1 is 1.24 bits per heavy atom. The summed E-state index contributed by atoms with van der Waals surface area (Å²) in [6.07, 6.45) is 5.37. The van der Waals surface area contributed by atoms with E-state index in [1.807, 2.05) is 35.1 Å². The molecule has 0 unspecified atom stereocenters. The van der Waals surface area contributed by atoms with Gasteiger partial charge in [0.05, 0.1) is 16.7 Å². The topological polar surface area (TPSA) is 68.5 Å². The van der Waals surface area contributed by atoms with Gasteiger partial charge in [-0.15, -0.1) is 5.10 Å². The first-order valence-corrected chi connectivity index (χ1v) is 7.39. The summed E-state index contributed by atoms with van der Waals surface area (Å²) in [6, 6.07) is 7.77. The number of nitrogens with zero attached hydrogens (tertiary/aromatic N) is 4. The van der Waals surface area contributed by atoms with Crippen molar-refractivity contribution in [3.8, 4) is 0 Å². The van der Waals surface area contributed by atoms with Crippen LogP contribution in [0.15, 0.2) is 35.3 Å². The first kappa shape index (κ1) is 12.4. The van der Waals surface area contributed by atoms with E-state index in [1.54, 1.807) is 4.57 Å². The maximum atomic E-state index is 12.0. The summed E-state index contributed by atoms with van der Waals surface area (Å²) in [7, 11) is 0. The fraction of sp³-hybridized carbons (Fsp3) is 0.400. The fourth-order valence-electron chi connectivity index (χ4n) is 2.71. The van der Waals surface area contributed by atoms with Crippen molar-refractivity contribution in [3.63, 3.8) is 0 Å². The molecule has 1 aromatic carbocycles. The van der Waals surface area contributed by atoms with E-state index in [0.29, 0.717) is 12.5 Å². The number of benzene rings is 1. The minimum atomic E-state index is -0.0477. The van der Waals surface area contributed by atoms with Crippen LogP contribution < -0.4 is 5.69 Å². The second-order valence-corrected chi connectivity index (χ2v) is 5.63. The third-order valence-corrected chi connectivity index (χ3v) is 4.00. The smallest absolute Gasteiger partial charge is 0.306 e. The molecule has 3 aromatic rings. The Hall–Kier alpha value is -2.37. The van der Waals surface area contributed by atoms with Crippen LogP contribution in [-0.2, 0) is 13.1 Å². The molecule has 1 aliphatic carbocycles. The summed E-state index contributed by atoms with van der Waals surface area (Å²) in [6.45, 7) is 1.47. The highest BCUT2D eigenvalue weighted by atomic mass is 16.1. The van der Waals surface area contributed by atoms with E-state index in [1.165, 1.54) is 12.8 Å². The van der Waals surface area contributed by atoms with E-state index in [9.17, 15) is 4.79 Å². The number of imidazole rings is 1. The predicted molar refractivity (Wildman–Crippen MR) is 79.2 cm³/mol. The highest BCUT2D eigenvalue weighted by Crippen LogP contribution is 2.38. The second-order valence-electron chi connectivity index (χ2n) is 5.63. The molecule has 1 fully saturated rings. The molecular weight excluding hydrogens is 266 g/mol. The zero-order valence-electron chi connectivity index (χ0n) is 11.7. The lowest BCUT2D eigenvalue weighted by atomic mass is 10.3. The second kappa shape index (κ2) is 4.87. The third-order valence-electron chi connectivity index (χ3n) is 4.00. The standard InChI is InChI=1S/C15H17N5O/c21-15-16-12-4-1-2-5-14(12)20(15)9-3-8-19-10-13(17-18-19)11-6-7-11/h1-2,4-5,10-11H,3,6-9H2,(H,16,21). The minimum absolute atomic E-state index is 0.0477. The van der Waals surface area contributed by atoms with Gasteiger partial charge < -0.3 is 4.98 Å². The van der Waals surface area contributed by atoms with Gasteiger partial charge in [-0.05, 0) is 31.4 Å². The van der Waals surface area contributed by atoms with Crippen LogP contribution in [0.4, 0.5) is 0 Å². The molecule has 0 atom stereocenters. The molecule has 0 amide bonds. The normalized spacial score (nSPS) is 14.9. The van der Waals surface area contributed by atoms with Crippen molar-refractivity contribution in [1.29, 1.82) is 0 Å². The molecule has 0 saturated heterocycles. The number of H-pyrrole nitrogens is 1. The summed E-state index contributed by atoms with van der Waals surface area (Å²) in [5, 5.41) is 8.35. The summed E-state index contributed by atoms with van der Waals surface area (Å²) < 4.78 is 3.67. The molecule has 0 bridgehead atoms. The van der Waals surface area contributed by atoms with Crippen LogP contribution in [-0.4, -0.2) is 24.5 Å². The Bertz CT molecular complexity index is 824. The Balaban J connectivity index is 1.45. The highest BCUT2D eigenvalue weighted by Gasteiger charge is 2.26. The van der Waals surface area contributed by atoms with E-state index in [4.69, 9.17) is 0 Å². The highest BCUT2D eigenvalue weighted by molar-refractivity contribution is 5.74. The summed E-state index contributed by atoms with van der Waals surface area (Å²) in [5.74, 6) is 0.634. The zero-order valence-corrected chi connectivity index (χ0v) is 11.7. The SMILES string of the molecule is O=c1[nH]c2ccccc2n1CCCn1cc(C2CC2)nn1. The fourth-order valence-corrected chi connectivity index (χ4v) is 2.71. The van der Waals surface area contributed by atoms with Crippen molar-refractivity contribution in [2.75, 3.05) is 0 Å². The van der Waals surface area contributed by atoms with Crippen molar-refractivity contribution in [1.82, 2.24) is 24.5 Å². The van der Waals surface area contributed by atoms with Crippen LogP contribution >= 0.6 is 0 Å². The van der Waals surface area contributed by atoms with E-state index in [-0.39, 0.29) is 5.69 Å². The largest absolute Gasteiger partial charge is 0.326 e. The van der Waals surface area contributed by atoms with E-state index >= 15 is 0 Å². The maximum Gasteiger partial charge on any atom is 0.326 e. The Morgan fingerprint density at radius 2 is 2.10 bits per heavy atom. The number of nitrogens with one attached hydrogen (secondary N) is 1. The number of rotatable bonds is 5. The summed E-state index contributed by atoms with van der Waals surface area (Å²) >= 11 is 0. The number of aromatic nitrogens is 5. The van der Waals surface area contributed by atoms with Crippen LogP contribution in [0.5, 0.6) is 0 Å². The Kier molecular flexibility index (Phi) is 2.87. The molecule has 21 heavy (non-hydrogen) atoms. The average Bonchev–Trinajstić information content (AvgIpc) is 3.15. The lowest BCUT2D eigenvalue weighted by Gasteiger charge is -2.03. The molecule has 108 valence electrons. The van der Waals surface area contributed by atoms with Crippen molar-refractivity contribution < 1.29 is 0 Å². The van der Waals surface area contributed by atoms with Crippen LogP contribution in [0.2, 0.25) is 0 Å². The molecule has 0 radical (unpaired) electrons. The molecule has 2 aromatic heterocycles. The number of aromatic amines is 1. The molecule has 1 aliphatic rings. The van der Waals surface area contributed by atoms with Crippen molar-refractivity contribution >= 4 is 11.0 Å². The third kappa shape index (κ3) is 2.37. The Morgan fingerprint density at radius 3 is 2.95 bits per heavy atom. The van der Waals surface area contributed by atoms with Gasteiger partial charge in [-0.2, -0.15) is 0 Å². The van der Waals surface area contributed by atoms with E-state index in [0.717, 1.165) is 29.7 Å². The minimum Gasteiger partial charge on any atom is -0.306 e. The first-order chi connectivity index (χ1) is 10.3. The van der Waals surface area contributed by atoms with Crippen LogP contribution in [0.25, 0.3) is 11.0 Å². The Labute approximate surface area is 121 Å². The van der Waals surface area contributed by atoms with Crippen molar-refractivity contribution in [3.05, 3.63) is 46.6 Å². The lowest BCUT2D eigenvalue weighted by Crippen LogP contribution is -2.17. The van der Waals surface area contributed by atoms with Gasteiger partial charge in [0.1, 0.15) is 0 Å². The van der Waals surface area contributed by atoms with E-state index in [2.05, 4.69) is 15.3 Å². The van der Waals surface area contributed by atoms with Gasteiger partial charge >= 0.3 is 5.69 Å². The van der Waals surface area contributed by atoms with Gasteiger partial charge in [0.2, 0.25) is 0 Å². The maximum absolute atomic E-state index is 12.0. The van der Waals surface area contributed by atoms with Gasteiger partial charge in [0.15, 0.2) is 0 Å². The van der Waals surface area contributed by atoms with Crippen LogP contribution in [0, 0.1) is 0 Å². The predicted octanol–water partition coefficient (Wildman–Crippen LogP) is 1.89. The van der Waals surface area contributed by atoms with Gasteiger partial charge in [-0.3, -0.25) is 9.25 Å². The summed E-state index contributed by atoms with van der Waals surface area (Å²) in [5.41, 5.74) is 2.91. The average molecular weight is 283 g/mol. The van der Waals surface area contributed by atoms with Crippen LogP contribution in [0.3, 0.4) is 0 Å². The van der Waals surface area contributed by atoms with Gasteiger partial charge in [-0.25, -0.2) is 4.79 Å². The number of hydrogen-bond acceptors (Lipinski definition) is 3. The first-order valence-electron chi connectivity index (χ1n) is 7.39. The van der Waals surface area contributed by atoms with Gasteiger partial charge in [0, 0.05) is 25.2 Å². The van der Waals surface area contributed by atoms with Crippen molar-refractivity contribution in [2.24, 2.45) is 0 Å². The van der Waals surface area contributed by atoms with Crippen LogP contribution in [0.1, 0.15) is 30.9 Å². The monoisotopic (exact) mass is 283 g/mol. The quantitative estimate of drug-likeness (QED) is 0.777. The number of fused-ring (bicyclic) bond motifs is 1. The van der Waals surface area contributed by atoms with Crippen molar-refractivity contribution in [2.45, 2.75) is 38.3 Å². The molecule has 0 spiro atoms. The lowest BCUT2D eigenvalue weighted by molar-refractivity contribution is 0.514. The molecule has 2 heterocycles. The zero-order chi connectivity index (χ0) is 14.2. The molecule has 0 aliphatic heterocycles. The van der Waals surface area contributed by atoms with Gasteiger partial charge in [-0.1, -0.05) is 17.3 Å². The van der Waals surface area contributed by atoms with Gasteiger partial charge in [0.25, 0.3) is 0 Å². The number of hydrogen-bond donors (Lipinski definition) is 1. The molecule has 1 saturated carbocycles.